The van der Waals surface area contributed by atoms with Gasteiger partial charge in [-0.2, -0.15) is 0 Å². The van der Waals surface area contributed by atoms with E-state index >= 15 is 0 Å². The predicted octanol–water partition coefficient (Wildman–Crippen LogP) is 2.23. The summed E-state index contributed by atoms with van der Waals surface area (Å²) in [5.41, 5.74) is 10.1. The van der Waals surface area contributed by atoms with E-state index in [1.807, 2.05) is 0 Å². The first-order valence-electron chi connectivity index (χ1n) is 6.47. The zero-order chi connectivity index (χ0) is 11.4. The SMILES string of the molecule is Nc1ncnc2c1c(C1CC1)c1n2CCCC1. The Morgan fingerprint density at radius 2 is 2.12 bits per heavy atom. The van der Waals surface area contributed by atoms with Gasteiger partial charge < -0.3 is 10.3 Å². The van der Waals surface area contributed by atoms with E-state index in [4.69, 9.17) is 5.73 Å². The topological polar surface area (TPSA) is 56.7 Å². The molecule has 2 aromatic rings. The summed E-state index contributed by atoms with van der Waals surface area (Å²) in [6.07, 6.45) is 7.94. The van der Waals surface area contributed by atoms with Gasteiger partial charge in [0.1, 0.15) is 17.8 Å². The Morgan fingerprint density at radius 3 is 2.94 bits per heavy atom. The number of hydrogen-bond donors (Lipinski definition) is 1. The first kappa shape index (κ1) is 9.45. The van der Waals surface area contributed by atoms with Gasteiger partial charge in [0.2, 0.25) is 0 Å². The van der Waals surface area contributed by atoms with Crippen LogP contribution in [0, 0.1) is 0 Å². The van der Waals surface area contributed by atoms with E-state index in [1.165, 1.54) is 43.4 Å². The Hall–Kier alpha value is -1.58. The van der Waals surface area contributed by atoms with Crippen molar-refractivity contribution < 1.29 is 0 Å². The summed E-state index contributed by atoms with van der Waals surface area (Å²) in [5.74, 6) is 1.39. The second-order valence-electron chi connectivity index (χ2n) is 5.20. The van der Waals surface area contributed by atoms with E-state index in [0.29, 0.717) is 5.82 Å². The summed E-state index contributed by atoms with van der Waals surface area (Å²) in [6.45, 7) is 1.09. The smallest absolute Gasteiger partial charge is 0.145 e. The molecule has 1 aliphatic carbocycles. The van der Waals surface area contributed by atoms with Crippen molar-refractivity contribution in [3.05, 3.63) is 17.6 Å². The highest BCUT2D eigenvalue weighted by Crippen LogP contribution is 2.47. The Bertz CT molecular complexity index is 595. The third-order valence-corrected chi connectivity index (χ3v) is 4.05. The van der Waals surface area contributed by atoms with Crippen LogP contribution in [-0.2, 0) is 13.0 Å². The third-order valence-electron chi connectivity index (χ3n) is 4.05. The molecule has 0 unspecified atom stereocenters. The zero-order valence-corrected chi connectivity index (χ0v) is 9.82. The number of nitrogens with zero attached hydrogens (tertiary/aromatic N) is 3. The Labute approximate surface area is 99.9 Å². The minimum absolute atomic E-state index is 0.666. The van der Waals surface area contributed by atoms with Crippen LogP contribution in [0.1, 0.15) is 42.9 Å². The van der Waals surface area contributed by atoms with Crippen LogP contribution in [0.5, 0.6) is 0 Å². The van der Waals surface area contributed by atoms with E-state index < -0.39 is 0 Å². The lowest BCUT2D eigenvalue weighted by Crippen LogP contribution is -2.11. The standard InChI is InChI=1S/C13H16N4/c14-12-11-10(8-4-5-8)9-3-1-2-6-17(9)13(11)16-7-15-12/h7-8H,1-6H2,(H2,14,15,16). The van der Waals surface area contributed by atoms with Crippen LogP contribution in [0.15, 0.2) is 6.33 Å². The van der Waals surface area contributed by atoms with Gasteiger partial charge in [-0.15, -0.1) is 0 Å². The summed E-state index contributed by atoms with van der Waals surface area (Å²) < 4.78 is 2.38. The summed E-state index contributed by atoms with van der Waals surface area (Å²) in [5, 5.41) is 1.15. The van der Waals surface area contributed by atoms with Gasteiger partial charge >= 0.3 is 0 Å². The predicted molar refractivity (Wildman–Crippen MR) is 66.9 cm³/mol. The number of fused-ring (bicyclic) bond motifs is 3. The molecule has 2 N–H and O–H groups in total. The molecule has 1 saturated carbocycles. The highest BCUT2D eigenvalue weighted by atomic mass is 15.1. The Balaban J connectivity index is 2.11. The maximum absolute atomic E-state index is 6.07. The second-order valence-corrected chi connectivity index (χ2v) is 5.20. The third kappa shape index (κ3) is 1.24. The summed E-state index contributed by atoms with van der Waals surface area (Å²) in [6, 6.07) is 0. The van der Waals surface area contributed by atoms with Crippen molar-refractivity contribution in [1.82, 2.24) is 14.5 Å². The maximum atomic E-state index is 6.07. The van der Waals surface area contributed by atoms with Crippen LogP contribution < -0.4 is 5.73 Å². The van der Waals surface area contributed by atoms with Gasteiger partial charge in [-0.1, -0.05) is 0 Å². The van der Waals surface area contributed by atoms with Gasteiger partial charge in [0.15, 0.2) is 0 Å². The van der Waals surface area contributed by atoms with Gasteiger partial charge in [-0.05, 0) is 43.6 Å². The van der Waals surface area contributed by atoms with Crippen LogP contribution in [0.25, 0.3) is 11.0 Å². The molecule has 2 aromatic heterocycles. The highest BCUT2D eigenvalue weighted by molar-refractivity contribution is 5.92. The van der Waals surface area contributed by atoms with E-state index in [0.717, 1.165) is 23.5 Å². The fourth-order valence-corrected chi connectivity index (χ4v) is 3.15. The van der Waals surface area contributed by atoms with Crippen molar-refractivity contribution in [3.63, 3.8) is 0 Å². The second kappa shape index (κ2) is 3.22. The van der Waals surface area contributed by atoms with E-state index in [-0.39, 0.29) is 0 Å². The van der Waals surface area contributed by atoms with Crippen LogP contribution in [0.2, 0.25) is 0 Å². The largest absolute Gasteiger partial charge is 0.383 e. The molecule has 0 amide bonds. The molecule has 88 valence electrons. The van der Waals surface area contributed by atoms with Crippen LogP contribution in [0.3, 0.4) is 0 Å². The first-order valence-corrected chi connectivity index (χ1v) is 6.47. The number of aromatic nitrogens is 3. The maximum Gasteiger partial charge on any atom is 0.145 e. The molecule has 4 heteroatoms. The molecular formula is C13H16N4. The van der Waals surface area contributed by atoms with Gasteiger partial charge in [0.05, 0.1) is 5.39 Å². The van der Waals surface area contributed by atoms with Gasteiger partial charge in [0, 0.05) is 12.2 Å². The van der Waals surface area contributed by atoms with Crippen LogP contribution >= 0.6 is 0 Å². The average Bonchev–Trinajstić information content (AvgIpc) is 3.12. The van der Waals surface area contributed by atoms with E-state index in [1.54, 1.807) is 6.33 Å². The van der Waals surface area contributed by atoms with E-state index in [2.05, 4.69) is 14.5 Å². The molecule has 4 rings (SSSR count). The molecule has 0 spiro atoms. The minimum Gasteiger partial charge on any atom is -0.383 e. The molecule has 4 nitrogen and oxygen atoms in total. The van der Waals surface area contributed by atoms with Gasteiger partial charge in [-0.3, -0.25) is 0 Å². The van der Waals surface area contributed by atoms with Crippen LogP contribution in [-0.4, -0.2) is 14.5 Å². The number of rotatable bonds is 1. The number of hydrogen-bond acceptors (Lipinski definition) is 3. The first-order chi connectivity index (χ1) is 8.36. The molecule has 1 fully saturated rings. The van der Waals surface area contributed by atoms with E-state index in [9.17, 15) is 0 Å². The Morgan fingerprint density at radius 1 is 1.24 bits per heavy atom. The van der Waals surface area contributed by atoms with Crippen molar-refractivity contribution in [3.8, 4) is 0 Å². The van der Waals surface area contributed by atoms with Gasteiger partial charge in [-0.25, -0.2) is 9.97 Å². The van der Waals surface area contributed by atoms with Crippen molar-refractivity contribution in [2.24, 2.45) is 0 Å². The molecule has 0 radical (unpaired) electrons. The number of anilines is 1. The number of nitrogens with two attached hydrogens (primary N) is 1. The van der Waals surface area contributed by atoms with Crippen molar-refractivity contribution in [2.75, 3.05) is 5.73 Å². The molecule has 17 heavy (non-hydrogen) atoms. The molecule has 3 heterocycles. The molecule has 0 saturated heterocycles. The highest BCUT2D eigenvalue weighted by Gasteiger charge is 2.33. The lowest BCUT2D eigenvalue weighted by Gasteiger charge is -2.16. The Kier molecular flexibility index (Phi) is 1.79. The molecule has 1 aliphatic heterocycles. The van der Waals surface area contributed by atoms with Crippen molar-refractivity contribution in [1.29, 1.82) is 0 Å². The molecule has 0 bridgehead atoms. The number of aryl methyl sites for hydroxylation is 1. The van der Waals surface area contributed by atoms with Gasteiger partial charge in [0.25, 0.3) is 0 Å². The monoisotopic (exact) mass is 228 g/mol. The van der Waals surface area contributed by atoms with Crippen molar-refractivity contribution in [2.45, 2.75) is 44.6 Å². The number of nitrogen functional groups attached to an aromatic ring is 1. The minimum atomic E-state index is 0.666. The summed E-state index contributed by atoms with van der Waals surface area (Å²) in [7, 11) is 0. The molecule has 0 atom stereocenters. The molecule has 0 aromatic carbocycles. The summed E-state index contributed by atoms with van der Waals surface area (Å²) >= 11 is 0. The normalized spacial score (nSPS) is 19.5. The average molecular weight is 228 g/mol. The van der Waals surface area contributed by atoms with Crippen LogP contribution in [0.4, 0.5) is 5.82 Å². The quantitative estimate of drug-likeness (QED) is 0.814. The summed E-state index contributed by atoms with van der Waals surface area (Å²) in [4.78, 5) is 8.63. The molecular weight excluding hydrogens is 212 g/mol. The van der Waals surface area contributed by atoms with Crippen molar-refractivity contribution >= 4 is 16.9 Å². The molecule has 2 aliphatic rings. The lowest BCUT2D eigenvalue weighted by molar-refractivity contribution is 0.538. The zero-order valence-electron chi connectivity index (χ0n) is 9.82. The fourth-order valence-electron chi connectivity index (χ4n) is 3.15. The fraction of sp³-hybridized carbons (Fsp3) is 0.538. The lowest BCUT2D eigenvalue weighted by atomic mass is 10.0.